The van der Waals surface area contributed by atoms with Gasteiger partial charge in [-0.25, -0.2) is 4.72 Å². The number of rotatable bonds is 9. The van der Waals surface area contributed by atoms with E-state index < -0.39 is 15.7 Å². The van der Waals surface area contributed by atoms with Crippen LogP contribution in [0.4, 0.5) is 0 Å². The maximum atomic E-state index is 11.8. The molecule has 0 radical (unpaired) electrons. The van der Waals surface area contributed by atoms with Crippen molar-refractivity contribution in [3.8, 4) is 0 Å². The fraction of sp³-hybridized carbons (Fsp3) is 1.00. The van der Waals surface area contributed by atoms with Crippen molar-refractivity contribution in [2.24, 2.45) is 5.73 Å². The minimum atomic E-state index is -3.46. The maximum absolute atomic E-state index is 11.8. The topological polar surface area (TPSA) is 84.7 Å². The van der Waals surface area contributed by atoms with E-state index in [0.29, 0.717) is 13.2 Å². The highest BCUT2D eigenvalue weighted by atomic mass is 32.2. The number of hydrogen-bond donors (Lipinski definition) is 2. The molecular weight excluding hydrogens is 242 g/mol. The van der Waals surface area contributed by atoms with Crippen molar-refractivity contribution in [1.29, 1.82) is 0 Å². The Labute approximate surface area is 105 Å². The Kier molecular flexibility index (Phi) is 7.18. The third kappa shape index (κ3) is 5.78. The summed E-state index contributed by atoms with van der Waals surface area (Å²) >= 11 is 0. The Bertz CT molecular complexity index is 302. The van der Waals surface area contributed by atoms with E-state index in [1.165, 1.54) is 18.5 Å². The SMILES string of the molecule is CCC(N)(CC)CNS(=O)(=O)N(C)CCOC. The van der Waals surface area contributed by atoms with E-state index in [2.05, 4.69) is 4.72 Å². The van der Waals surface area contributed by atoms with E-state index in [0.717, 1.165) is 12.8 Å². The Morgan fingerprint density at radius 3 is 2.29 bits per heavy atom. The van der Waals surface area contributed by atoms with E-state index in [4.69, 9.17) is 10.5 Å². The smallest absolute Gasteiger partial charge is 0.279 e. The largest absolute Gasteiger partial charge is 0.383 e. The zero-order valence-corrected chi connectivity index (χ0v) is 12.0. The second-order valence-corrected chi connectivity index (χ2v) is 6.07. The van der Waals surface area contributed by atoms with Gasteiger partial charge in [0.1, 0.15) is 0 Å². The summed E-state index contributed by atoms with van der Waals surface area (Å²) in [7, 11) is -0.417. The molecular formula is C10H25N3O3S. The number of nitrogens with two attached hydrogens (primary N) is 1. The molecule has 0 aromatic heterocycles. The maximum Gasteiger partial charge on any atom is 0.279 e. The van der Waals surface area contributed by atoms with Gasteiger partial charge in [0, 0.05) is 32.8 Å². The van der Waals surface area contributed by atoms with Crippen LogP contribution in [0.1, 0.15) is 26.7 Å². The van der Waals surface area contributed by atoms with Gasteiger partial charge in [0.2, 0.25) is 0 Å². The molecule has 0 fully saturated rings. The first-order valence-corrected chi connectivity index (χ1v) is 7.24. The number of nitrogens with zero attached hydrogens (tertiary/aromatic N) is 1. The molecule has 0 aromatic carbocycles. The Morgan fingerprint density at radius 1 is 1.35 bits per heavy atom. The summed E-state index contributed by atoms with van der Waals surface area (Å²) < 4.78 is 32.2. The van der Waals surface area contributed by atoms with Crippen LogP contribution < -0.4 is 10.5 Å². The lowest BCUT2D eigenvalue weighted by molar-refractivity contribution is 0.184. The molecule has 0 heterocycles. The number of hydrogen-bond acceptors (Lipinski definition) is 4. The molecule has 104 valence electrons. The van der Waals surface area contributed by atoms with Gasteiger partial charge in [-0.15, -0.1) is 0 Å². The molecule has 6 nitrogen and oxygen atoms in total. The Morgan fingerprint density at radius 2 is 1.88 bits per heavy atom. The first kappa shape index (κ1) is 16.8. The van der Waals surface area contributed by atoms with E-state index in [1.807, 2.05) is 13.8 Å². The normalized spacial score (nSPS) is 13.3. The summed E-state index contributed by atoms with van der Waals surface area (Å²) in [6.07, 6.45) is 1.46. The summed E-state index contributed by atoms with van der Waals surface area (Å²) in [5.74, 6) is 0. The molecule has 0 unspecified atom stereocenters. The molecule has 0 aliphatic rings. The van der Waals surface area contributed by atoms with Gasteiger partial charge in [0.15, 0.2) is 0 Å². The zero-order valence-electron chi connectivity index (χ0n) is 11.2. The Hall–Kier alpha value is -0.210. The molecule has 0 saturated carbocycles. The van der Waals surface area contributed by atoms with Gasteiger partial charge in [0.05, 0.1) is 6.61 Å². The average molecular weight is 267 g/mol. The van der Waals surface area contributed by atoms with Gasteiger partial charge in [-0.2, -0.15) is 12.7 Å². The van der Waals surface area contributed by atoms with Crippen LogP contribution in [0.3, 0.4) is 0 Å². The van der Waals surface area contributed by atoms with Gasteiger partial charge >= 0.3 is 0 Å². The van der Waals surface area contributed by atoms with Crippen molar-refractivity contribution in [2.45, 2.75) is 32.2 Å². The highest BCUT2D eigenvalue weighted by Gasteiger charge is 2.24. The first-order chi connectivity index (χ1) is 7.81. The highest BCUT2D eigenvalue weighted by Crippen LogP contribution is 2.10. The van der Waals surface area contributed by atoms with Gasteiger partial charge in [-0.05, 0) is 12.8 Å². The van der Waals surface area contributed by atoms with Crippen LogP contribution in [-0.4, -0.2) is 52.1 Å². The van der Waals surface area contributed by atoms with Crippen molar-refractivity contribution >= 4 is 10.2 Å². The second-order valence-electron chi connectivity index (χ2n) is 4.21. The number of nitrogens with one attached hydrogen (secondary N) is 1. The van der Waals surface area contributed by atoms with E-state index >= 15 is 0 Å². The fourth-order valence-corrected chi connectivity index (χ4v) is 2.19. The molecule has 0 aromatic rings. The lowest BCUT2D eigenvalue weighted by Crippen LogP contribution is -2.52. The van der Waals surface area contributed by atoms with Crippen molar-refractivity contribution in [2.75, 3.05) is 33.9 Å². The molecule has 0 atom stereocenters. The third-order valence-corrected chi connectivity index (χ3v) is 4.55. The molecule has 0 aliphatic heterocycles. The zero-order chi connectivity index (χ0) is 13.5. The van der Waals surface area contributed by atoms with E-state index in [-0.39, 0.29) is 6.54 Å². The third-order valence-electron chi connectivity index (χ3n) is 3.04. The summed E-state index contributed by atoms with van der Waals surface area (Å²) in [4.78, 5) is 0. The summed E-state index contributed by atoms with van der Waals surface area (Å²) in [6, 6.07) is 0. The van der Waals surface area contributed by atoms with E-state index in [9.17, 15) is 8.42 Å². The molecule has 0 bridgehead atoms. The van der Waals surface area contributed by atoms with Gasteiger partial charge < -0.3 is 10.5 Å². The molecule has 3 N–H and O–H groups in total. The first-order valence-electron chi connectivity index (χ1n) is 5.80. The van der Waals surface area contributed by atoms with Crippen LogP contribution in [0.15, 0.2) is 0 Å². The minimum Gasteiger partial charge on any atom is -0.383 e. The van der Waals surface area contributed by atoms with Crippen molar-refractivity contribution in [3.05, 3.63) is 0 Å². The van der Waals surface area contributed by atoms with E-state index in [1.54, 1.807) is 0 Å². The fourth-order valence-electron chi connectivity index (χ4n) is 1.19. The average Bonchev–Trinajstić information content (AvgIpc) is 2.33. The highest BCUT2D eigenvalue weighted by molar-refractivity contribution is 7.87. The van der Waals surface area contributed by atoms with Crippen LogP contribution in [-0.2, 0) is 14.9 Å². The standard InChI is InChI=1S/C10H25N3O3S/c1-5-10(11,6-2)9-12-17(14,15)13(3)7-8-16-4/h12H,5-9,11H2,1-4H3. The van der Waals surface area contributed by atoms with Gasteiger partial charge in [0.25, 0.3) is 10.2 Å². The van der Waals surface area contributed by atoms with Crippen LogP contribution in [0.5, 0.6) is 0 Å². The second kappa shape index (κ2) is 7.27. The quantitative estimate of drug-likeness (QED) is 0.612. The molecule has 0 aliphatic carbocycles. The molecule has 0 spiro atoms. The number of likely N-dealkylation sites (N-methyl/N-ethyl adjacent to an activating group) is 1. The van der Waals surface area contributed by atoms with Crippen LogP contribution in [0, 0.1) is 0 Å². The van der Waals surface area contributed by atoms with Crippen molar-refractivity contribution in [3.63, 3.8) is 0 Å². The van der Waals surface area contributed by atoms with Crippen LogP contribution in [0.2, 0.25) is 0 Å². The van der Waals surface area contributed by atoms with Crippen LogP contribution in [0.25, 0.3) is 0 Å². The monoisotopic (exact) mass is 267 g/mol. The predicted octanol–water partition coefficient (Wildman–Crippen LogP) is -0.0835. The lowest BCUT2D eigenvalue weighted by atomic mass is 9.95. The summed E-state index contributed by atoms with van der Waals surface area (Å²) in [5.41, 5.74) is 5.56. The Balaban J connectivity index is 4.35. The molecule has 7 heteroatoms. The lowest BCUT2D eigenvalue weighted by Gasteiger charge is -2.28. The van der Waals surface area contributed by atoms with Gasteiger partial charge in [-0.1, -0.05) is 13.8 Å². The van der Waals surface area contributed by atoms with Crippen molar-refractivity contribution < 1.29 is 13.2 Å². The summed E-state index contributed by atoms with van der Waals surface area (Å²) in [6.45, 7) is 4.84. The predicted molar refractivity (Wildman–Crippen MR) is 68.9 cm³/mol. The van der Waals surface area contributed by atoms with Crippen molar-refractivity contribution in [1.82, 2.24) is 9.03 Å². The number of ether oxygens (including phenoxy) is 1. The molecule has 17 heavy (non-hydrogen) atoms. The molecule has 0 saturated heterocycles. The molecule has 0 amide bonds. The number of methoxy groups -OCH3 is 1. The van der Waals surface area contributed by atoms with Crippen LogP contribution >= 0.6 is 0 Å². The van der Waals surface area contributed by atoms with Gasteiger partial charge in [-0.3, -0.25) is 0 Å². The summed E-state index contributed by atoms with van der Waals surface area (Å²) in [5, 5.41) is 0. The molecule has 0 rings (SSSR count). The minimum absolute atomic E-state index is 0.250.